The highest BCUT2D eigenvalue weighted by Crippen LogP contribution is 2.15. The van der Waals surface area contributed by atoms with Crippen LogP contribution in [0.25, 0.3) is 12.2 Å². The van der Waals surface area contributed by atoms with Gasteiger partial charge in [-0.25, -0.2) is 4.42 Å². The van der Waals surface area contributed by atoms with Crippen LogP contribution in [0.3, 0.4) is 0 Å². The summed E-state index contributed by atoms with van der Waals surface area (Å²) >= 11 is 0. The Balaban J connectivity index is 1.87. The third-order valence-corrected chi connectivity index (χ3v) is 2.99. The molecule has 0 aliphatic carbocycles. The minimum Gasteiger partial charge on any atom is -0.494 e. The van der Waals surface area contributed by atoms with E-state index in [2.05, 4.69) is 19.1 Å². The third kappa shape index (κ3) is 4.88. The molecule has 2 nitrogen and oxygen atoms in total. The van der Waals surface area contributed by atoms with Gasteiger partial charge in [-0.15, -0.1) is 0 Å². The Labute approximate surface area is 120 Å². The summed E-state index contributed by atoms with van der Waals surface area (Å²) < 4.78 is 11.0. The van der Waals surface area contributed by atoms with Crippen molar-refractivity contribution in [2.45, 2.75) is 26.2 Å². The van der Waals surface area contributed by atoms with Gasteiger partial charge in [0.25, 0.3) is 0 Å². The fourth-order valence-electron chi connectivity index (χ4n) is 1.84. The van der Waals surface area contributed by atoms with Crippen LogP contribution >= 0.6 is 0 Å². The third-order valence-electron chi connectivity index (χ3n) is 2.99. The van der Waals surface area contributed by atoms with Crippen LogP contribution in [0.15, 0.2) is 53.1 Å². The Morgan fingerprint density at radius 1 is 1.00 bits per heavy atom. The minimum absolute atomic E-state index is 0.798. The summed E-state index contributed by atoms with van der Waals surface area (Å²) in [6, 6.07) is 13.9. The standard InChI is InChI=1S/C18H21O2/c1-2-3-5-14-20-18-12-9-16(10-13-18)8-11-17-7-4-6-15-19-17/h4,6-13,15H,2-3,5,14H2,1H3/q+1/b11-8+. The molecule has 0 amide bonds. The Morgan fingerprint density at radius 3 is 2.55 bits per heavy atom. The molecule has 1 aromatic heterocycles. The van der Waals surface area contributed by atoms with Crippen molar-refractivity contribution in [2.75, 3.05) is 6.61 Å². The lowest BCUT2D eigenvalue weighted by molar-refractivity contribution is 0.306. The molecule has 0 radical (unpaired) electrons. The number of ether oxygens (including phenoxy) is 1. The Morgan fingerprint density at radius 2 is 1.85 bits per heavy atom. The second-order valence-corrected chi connectivity index (χ2v) is 4.67. The van der Waals surface area contributed by atoms with Crippen LogP contribution in [-0.2, 0) is 0 Å². The summed E-state index contributed by atoms with van der Waals surface area (Å²) in [7, 11) is 0. The largest absolute Gasteiger partial charge is 0.494 e. The van der Waals surface area contributed by atoms with Crippen LogP contribution in [0.1, 0.15) is 37.5 Å². The number of unbranched alkanes of at least 4 members (excludes halogenated alkanes) is 2. The second kappa shape index (κ2) is 8.16. The first-order valence-corrected chi connectivity index (χ1v) is 7.16. The normalized spacial score (nSPS) is 10.8. The molecule has 0 unspecified atom stereocenters. The van der Waals surface area contributed by atoms with Gasteiger partial charge in [0.05, 0.1) is 6.61 Å². The lowest BCUT2D eigenvalue weighted by Crippen LogP contribution is -1.96. The van der Waals surface area contributed by atoms with Gasteiger partial charge in [-0.2, -0.15) is 0 Å². The molecular formula is C18H21O2+. The summed E-state index contributed by atoms with van der Waals surface area (Å²) in [6.07, 6.45) is 9.22. The molecule has 2 heteroatoms. The Bertz CT molecular complexity index is 515. The van der Waals surface area contributed by atoms with E-state index in [0.29, 0.717) is 0 Å². The van der Waals surface area contributed by atoms with Gasteiger partial charge in [0, 0.05) is 18.2 Å². The molecule has 0 N–H and O–H groups in total. The average Bonchev–Trinajstić information content (AvgIpc) is 2.52. The second-order valence-electron chi connectivity index (χ2n) is 4.67. The Kier molecular flexibility index (Phi) is 5.84. The van der Waals surface area contributed by atoms with Crippen molar-refractivity contribution >= 4 is 12.2 Å². The molecular weight excluding hydrogens is 248 g/mol. The number of hydrogen-bond acceptors (Lipinski definition) is 1. The fraction of sp³-hybridized carbons (Fsp3) is 0.278. The highest BCUT2D eigenvalue weighted by Gasteiger charge is 1.98. The molecule has 0 atom stereocenters. The van der Waals surface area contributed by atoms with Gasteiger partial charge >= 0.3 is 12.0 Å². The van der Waals surface area contributed by atoms with Crippen molar-refractivity contribution in [3.05, 3.63) is 60.1 Å². The minimum atomic E-state index is 0.798. The van der Waals surface area contributed by atoms with Crippen LogP contribution in [0, 0.1) is 0 Å². The van der Waals surface area contributed by atoms with Crippen LogP contribution in [0.2, 0.25) is 0 Å². The highest BCUT2D eigenvalue weighted by molar-refractivity contribution is 5.67. The van der Waals surface area contributed by atoms with Gasteiger partial charge in [0.2, 0.25) is 0 Å². The maximum Gasteiger partial charge on any atom is 0.352 e. The monoisotopic (exact) mass is 269 g/mol. The van der Waals surface area contributed by atoms with E-state index in [1.807, 2.05) is 42.5 Å². The van der Waals surface area contributed by atoms with Crippen LogP contribution in [0.4, 0.5) is 0 Å². The average molecular weight is 269 g/mol. The molecule has 2 rings (SSSR count). The number of benzene rings is 1. The predicted molar refractivity (Wildman–Crippen MR) is 83.5 cm³/mol. The van der Waals surface area contributed by atoms with Gasteiger partial charge in [-0.1, -0.05) is 31.9 Å². The topological polar surface area (TPSA) is 20.5 Å². The first-order chi connectivity index (χ1) is 9.88. The molecule has 0 saturated carbocycles. The van der Waals surface area contributed by atoms with Gasteiger partial charge in [-0.3, -0.25) is 0 Å². The van der Waals surface area contributed by atoms with E-state index in [0.717, 1.165) is 30.1 Å². The van der Waals surface area contributed by atoms with Crippen molar-refractivity contribution in [2.24, 2.45) is 0 Å². The van der Waals surface area contributed by atoms with E-state index >= 15 is 0 Å². The van der Waals surface area contributed by atoms with Crippen molar-refractivity contribution in [1.82, 2.24) is 0 Å². The zero-order chi connectivity index (χ0) is 14.0. The van der Waals surface area contributed by atoms with Gasteiger partial charge in [-0.05, 0) is 36.3 Å². The van der Waals surface area contributed by atoms with Crippen molar-refractivity contribution in [3.63, 3.8) is 0 Å². The van der Waals surface area contributed by atoms with Crippen LogP contribution in [-0.4, -0.2) is 6.61 Å². The maximum absolute atomic E-state index is 5.68. The van der Waals surface area contributed by atoms with E-state index < -0.39 is 0 Å². The zero-order valence-corrected chi connectivity index (χ0v) is 11.9. The van der Waals surface area contributed by atoms with Crippen LogP contribution < -0.4 is 4.74 Å². The molecule has 0 aliphatic rings. The zero-order valence-electron chi connectivity index (χ0n) is 11.9. The van der Waals surface area contributed by atoms with Gasteiger partial charge in [0.1, 0.15) is 5.75 Å². The van der Waals surface area contributed by atoms with Crippen molar-refractivity contribution in [1.29, 1.82) is 0 Å². The highest BCUT2D eigenvalue weighted by atomic mass is 16.5. The SMILES string of the molecule is CCCCCOc1ccc(/C=C/c2cccc[o+]2)cc1. The van der Waals surface area contributed by atoms with E-state index in [1.165, 1.54) is 12.8 Å². The smallest absolute Gasteiger partial charge is 0.352 e. The first-order valence-electron chi connectivity index (χ1n) is 7.16. The van der Waals surface area contributed by atoms with E-state index in [4.69, 9.17) is 9.15 Å². The van der Waals surface area contributed by atoms with Crippen molar-refractivity contribution in [3.8, 4) is 5.75 Å². The maximum atomic E-state index is 5.68. The molecule has 0 bridgehead atoms. The van der Waals surface area contributed by atoms with Crippen molar-refractivity contribution < 1.29 is 9.15 Å². The lowest BCUT2D eigenvalue weighted by atomic mass is 10.2. The lowest BCUT2D eigenvalue weighted by Gasteiger charge is -2.05. The first kappa shape index (κ1) is 14.3. The molecule has 0 fully saturated rings. The van der Waals surface area contributed by atoms with Gasteiger partial charge < -0.3 is 4.74 Å². The molecule has 0 saturated heterocycles. The summed E-state index contributed by atoms with van der Waals surface area (Å²) in [5.74, 6) is 1.77. The van der Waals surface area contributed by atoms with Gasteiger partial charge in [0.15, 0.2) is 0 Å². The summed E-state index contributed by atoms with van der Waals surface area (Å²) in [6.45, 7) is 2.99. The summed E-state index contributed by atoms with van der Waals surface area (Å²) in [5.41, 5.74) is 1.13. The molecule has 20 heavy (non-hydrogen) atoms. The molecule has 0 spiro atoms. The van der Waals surface area contributed by atoms with Crippen LogP contribution in [0.5, 0.6) is 5.75 Å². The molecule has 104 valence electrons. The molecule has 1 aromatic carbocycles. The number of hydrogen-bond donors (Lipinski definition) is 0. The van der Waals surface area contributed by atoms with E-state index in [1.54, 1.807) is 6.26 Å². The summed E-state index contributed by atoms with van der Waals surface area (Å²) in [4.78, 5) is 0. The Hall–Kier alpha value is -2.09. The summed E-state index contributed by atoms with van der Waals surface area (Å²) in [5, 5.41) is 0. The fourth-order valence-corrected chi connectivity index (χ4v) is 1.84. The predicted octanol–water partition coefficient (Wildman–Crippen LogP) is 5.30. The molecule has 0 aliphatic heterocycles. The molecule has 1 heterocycles. The van der Waals surface area contributed by atoms with E-state index in [9.17, 15) is 0 Å². The van der Waals surface area contributed by atoms with E-state index in [-0.39, 0.29) is 0 Å². The number of rotatable bonds is 7. The molecule has 2 aromatic rings. The quantitative estimate of drug-likeness (QED) is 0.502.